The molecule has 1 aromatic carbocycles. The van der Waals surface area contributed by atoms with Gasteiger partial charge in [-0.2, -0.15) is 0 Å². The van der Waals surface area contributed by atoms with Gasteiger partial charge in [-0.15, -0.1) is 0 Å². The molecule has 1 aliphatic carbocycles. The molecule has 2 nitrogen and oxygen atoms in total. The Bertz CT molecular complexity index is 488. The minimum Gasteiger partial charge on any atom is -0.481 e. The molecule has 0 aliphatic heterocycles. The van der Waals surface area contributed by atoms with E-state index in [9.17, 15) is 13.6 Å². The zero-order chi connectivity index (χ0) is 16.2. The number of carbonyl (C=O) groups is 1. The molecule has 0 spiro atoms. The van der Waals surface area contributed by atoms with Crippen LogP contribution in [-0.2, 0) is 10.7 Å². The molecule has 0 atom stereocenters. The van der Waals surface area contributed by atoms with Crippen LogP contribution in [0.15, 0.2) is 24.3 Å². The number of aliphatic carboxylic acids is 1. The molecule has 1 N–H and O–H groups in total. The van der Waals surface area contributed by atoms with Crippen molar-refractivity contribution in [1.82, 2.24) is 0 Å². The Morgan fingerprint density at radius 3 is 2.27 bits per heavy atom. The fourth-order valence-electron chi connectivity index (χ4n) is 3.48. The van der Waals surface area contributed by atoms with E-state index in [0.717, 1.165) is 24.3 Å². The van der Waals surface area contributed by atoms with Crippen molar-refractivity contribution < 1.29 is 18.7 Å². The van der Waals surface area contributed by atoms with Gasteiger partial charge in [0.1, 0.15) is 6.42 Å². The first-order valence-electron chi connectivity index (χ1n) is 8.12. The van der Waals surface area contributed by atoms with Gasteiger partial charge < -0.3 is 5.11 Å². The first-order valence-corrected chi connectivity index (χ1v) is 8.12. The van der Waals surface area contributed by atoms with Crippen LogP contribution in [0.3, 0.4) is 0 Å². The highest BCUT2D eigenvalue weighted by molar-refractivity contribution is 5.68. The highest BCUT2D eigenvalue weighted by Gasteiger charge is 2.34. The van der Waals surface area contributed by atoms with Crippen molar-refractivity contribution in [3.8, 4) is 0 Å². The van der Waals surface area contributed by atoms with E-state index in [0.29, 0.717) is 5.92 Å². The van der Waals surface area contributed by atoms with Crippen LogP contribution in [0.25, 0.3) is 0 Å². The van der Waals surface area contributed by atoms with Gasteiger partial charge in [-0.25, -0.2) is 8.78 Å². The summed E-state index contributed by atoms with van der Waals surface area (Å²) >= 11 is 0. The van der Waals surface area contributed by atoms with E-state index in [2.05, 4.69) is 6.92 Å². The van der Waals surface area contributed by atoms with Gasteiger partial charge in [-0.1, -0.05) is 44.0 Å². The van der Waals surface area contributed by atoms with E-state index in [4.69, 9.17) is 5.11 Å². The summed E-state index contributed by atoms with van der Waals surface area (Å²) in [7, 11) is 0. The highest BCUT2D eigenvalue weighted by atomic mass is 19.3. The third kappa shape index (κ3) is 4.28. The molecule has 22 heavy (non-hydrogen) atoms. The van der Waals surface area contributed by atoms with Crippen LogP contribution < -0.4 is 0 Å². The number of benzene rings is 1. The van der Waals surface area contributed by atoms with Gasteiger partial charge in [0.2, 0.25) is 0 Å². The van der Waals surface area contributed by atoms with Crippen molar-refractivity contribution in [2.24, 2.45) is 5.92 Å². The number of alkyl halides is 2. The summed E-state index contributed by atoms with van der Waals surface area (Å²) in [6, 6.07) is 6.26. The molecule has 0 saturated heterocycles. The lowest BCUT2D eigenvalue weighted by molar-refractivity contribution is -0.145. The molecule has 1 aromatic rings. The second-order valence-electron chi connectivity index (χ2n) is 6.40. The van der Waals surface area contributed by atoms with E-state index < -0.39 is 18.3 Å². The molecule has 0 bridgehead atoms. The van der Waals surface area contributed by atoms with E-state index in [1.165, 1.54) is 37.8 Å². The fraction of sp³-hybridized carbons (Fsp3) is 0.611. The Kier molecular flexibility index (Phi) is 5.54. The van der Waals surface area contributed by atoms with Crippen molar-refractivity contribution in [3.63, 3.8) is 0 Å². The van der Waals surface area contributed by atoms with Crippen LogP contribution in [0.4, 0.5) is 8.78 Å². The predicted molar refractivity (Wildman–Crippen MR) is 82.2 cm³/mol. The second-order valence-corrected chi connectivity index (χ2v) is 6.40. The molecular formula is C18H24F2O2. The molecule has 0 unspecified atom stereocenters. The maximum atomic E-state index is 13.7. The molecule has 2 rings (SSSR count). The molecule has 0 aromatic heterocycles. The number of rotatable bonds is 6. The quantitative estimate of drug-likeness (QED) is 0.771. The van der Waals surface area contributed by atoms with Gasteiger partial charge in [0.15, 0.2) is 0 Å². The third-order valence-electron chi connectivity index (χ3n) is 4.72. The maximum Gasteiger partial charge on any atom is 0.309 e. The first-order chi connectivity index (χ1) is 10.4. The van der Waals surface area contributed by atoms with Gasteiger partial charge in [0.25, 0.3) is 5.92 Å². The first kappa shape index (κ1) is 16.9. The maximum absolute atomic E-state index is 13.7. The van der Waals surface area contributed by atoms with Gasteiger partial charge >= 0.3 is 5.97 Å². The van der Waals surface area contributed by atoms with Gasteiger partial charge in [-0.3, -0.25) is 4.79 Å². The van der Waals surface area contributed by atoms with Crippen molar-refractivity contribution in [2.75, 3.05) is 0 Å². The summed E-state index contributed by atoms with van der Waals surface area (Å²) in [6.45, 7) is 2.21. The smallest absolute Gasteiger partial charge is 0.309 e. The van der Waals surface area contributed by atoms with Crippen LogP contribution in [0.5, 0.6) is 0 Å². The number of halogens is 2. The van der Waals surface area contributed by atoms with E-state index in [1.54, 1.807) is 12.1 Å². The van der Waals surface area contributed by atoms with Gasteiger partial charge in [-0.05, 0) is 43.1 Å². The van der Waals surface area contributed by atoms with E-state index in [-0.39, 0.29) is 5.56 Å². The summed E-state index contributed by atoms with van der Waals surface area (Å²) in [5, 5.41) is 8.56. The normalized spacial score (nSPS) is 22.5. The van der Waals surface area contributed by atoms with Gasteiger partial charge in [0, 0.05) is 5.56 Å². The summed E-state index contributed by atoms with van der Waals surface area (Å²) in [6.07, 6.45) is 6.03. The largest absolute Gasteiger partial charge is 0.481 e. The molecule has 122 valence electrons. The van der Waals surface area contributed by atoms with Gasteiger partial charge in [0.05, 0.1) is 0 Å². The Labute approximate surface area is 130 Å². The van der Waals surface area contributed by atoms with Crippen molar-refractivity contribution in [2.45, 2.75) is 63.7 Å². The zero-order valence-corrected chi connectivity index (χ0v) is 13.0. The lowest BCUT2D eigenvalue weighted by Gasteiger charge is -2.29. The molecule has 0 amide bonds. The van der Waals surface area contributed by atoms with Crippen LogP contribution >= 0.6 is 0 Å². The zero-order valence-electron chi connectivity index (χ0n) is 13.0. The third-order valence-corrected chi connectivity index (χ3v) is 4.72. The SMILES string of the molecule is CCCC1CCC(c2ccc(C(F)(F)CC(=O)O)cc2)CC1. The number of carboxylic acid groups (broad SMARTS) is 1. The van der Waals surface area contributed by atoms with Crippen molar-refractivity contribution >= 4 is 5.97 Å². The van der Waals surface area contributed by atoms with Crippen LogP contribution in [0, 0.1) is 5.92 Å². The lowest BCUT2D eigenvalue weighted by atomic mass is 9.77. The molecule has 1 fully saturated rings. The standard InChI is InChI=1S/C18H24F2O2/c1-2-3-13-4-6-14(7-5-13)15-8-10-16(11-9-15)18(19,20)12-17(21)22/h8-11,13-14H,2-7,12H2,1H3,(H,21,22). The monoisotopic (exact) mass is 310 g/mol. The van der Waals surface area contributed by atoms with Crippen LogP contribution in [-0.4, -0.2) is 11.1 Å². The molecule has 1 saturated carbocycles. The Hall–Kier alpha value is -1.45. The Balaban J connectivity index is 1.99. The number of hydrogen-bond acceptors (Lipinski definition) is 1. The summed E-state index contributed by atoms with van der Waals surface area (Å²) < 4.78 is 27.5. The number of carboxylic acids is 1. The minimum atomic E-state index is -3.30. The average molecular weight is 310 g/mol. The van der Waals surface area contributed by atoms with Crippen LogP contribution in [0.2, 0.25) is 0 Å². The second kappa shape index (κ2) is 7.21. The predicted octanol–water partition coefficient (Wildman–Crippen LogP) is 5.33. The van der Waals surface area contributed by atoms with Crippen molar-refractivity contribution in [1.29, 1.82) is 0 Å². The van der Waals surface area contributed by atoms with E-state index >= 15 is 0 Å². The molecular weight excluding hydrogens is 286 g/mol. The summed E-state index contributed by atoms with van der Waals surface area (Å²) in [5.41, 5.74) is 0.892. The van der Waals surface area contributed by atoms with Crippen molar-refractivity contribution in [3.05, 3.63) is 35.4 Å². The van der Waals surface area contributed by atoms with Crippen LogP contribution in [0.1, 0.15) is 68.9 Å². The average Bonchev–Trinajstić information content (AvgIpc) is 2.47. The number of hydrogen-bond donors (Lipinski definition) is 1. The Morgan fingerprint density at radius 1 is 1.18 bits per heavy atom. The topological polar surface area (TPSA) is 37.3 Å². The molecule has 0 radical (unpaired) electrons. The fourth-order valence-corrected chi connectivity index (χ4v) is 3.48. The Morgan fingerprint density at radius 2 is 1.77 bits per heavy atom. The summed E-state index contributed by atoms with van der Waals surface area (Å²) in [4.78, 5) is 10.5. The summed E-state index contributed by atoms with van der Waals surface area (Å²) in [5.74, 6) is -3.51. The minimum absolute atomic E-state index is 0.210. The molecule has 1 aliphatic rings. The van der Waals surface area contributed by atoms with E-state index in [1.807, 2.05) is 0 Å². The molecule has 4 heteroatoms. The molecule has 0 heterocycles. The lowest BCUT2D eigenvalue weighted by Crippen LogP contribution is -2.18. The highest BCUT2D eigenvalue weighted by Crippen LogP contribution is 2.38.